The number of aromatic nitrogens is 2. The third-order valence-corrected chi connectivity index (χ3v) is 5.04. The fraction of sp³-hybridized carbons (Fsp3) is 0.786. The number of nitrogens with zero attached hydrogens (tertiary/aromatic N) is 4. The summed E-state index contributed by atoms with van der Waals surface area (Å²) >= 11 is 2.27. The molecule has 1 aromatic rings. The normalized spacial score (nSPS) is 23.2. The van der Waals surface area contributed by atoms with Crippen LogP contribution in [0, 0.1) is 3.70 Å². The Morgan fingerprint density at radius 1 is 1.11 bits per heavy atom. The van der Waals surface area contributed by atoms with Gasteiger partial charge in [0.15, 0.2) is 0 Å². The van der Waals surface area contributed by atoms with Crippen LogP contribution in [0.15, 0.2) is 12.3 Å². The standard InChI is InChI=1S/C14H23IN4/c15-14-5-10-19(16-14)12-11-17-8-3-13(4-9-17)18-6-1-2-7-18/h5,10,13H,1-4,6-9,11-12H2. The van der Waals surface area contributed by atoms with Crippen molar-refractivity contribution < 1.29 is 0 Å². The van der Waals surface area contributed by atoms with E-state index in [1.165, 1.54) is 51.9 Å². The van der Waals surface area contributed by atoms with Crippen LogP contribution >= 0.6 is 22.6 Å². The van der Waals surface area contributed by atoms with Crippen molar-refractivity contribution in [1.82, 2.24) is 19.6 Å². The lowest BCUT2D eigenvalue weighted by molar-refractivity contribution is 0.123. The first-order chi connectivity index (χ1) is 9.31. The summed E-state index contributed by atoms with van der Waals surface area (Å²) in [5, 5.41) is 4.44. The van der Waals surface area contributed by atoms with Crippen LogP contribution in [0.3, 0.4) is 0 Å². The molecule has 3 heterocycles. The van der Waals surface area contributed by atoms with Gasteiger partial charge in [0.25, 0.3) is 0 Å². The van der Waals surface area contributed by atoms with E-state index in [-0.39, 0.29) is 0 Å². The molecule has 106 valence electrons. The number of rotatable bonds is 4. The lowest BCUT2D eigenvalue weighted by atomic mass is 10.0. The first-order valence-electron chi connectivity index (χ1n) is 7.46. The van der Waals surface area contributed by atoms with Crippen molar-refractivity contribution in [2.45, 2.75) is 38.3 Å². The molecule has 0 unspecified atom stereocenters. The van der Waals surface area contributed by atoms with Gasteiger partial charge in [0.1, 0.15) is 3.70 Å². The van der Waals surface area contributed by atoms with Crippen LogP contribution in [-0.4, -0.2) is 58.3 Å². The van der Waals surface area contributed by atoms with Crippen molar-refractivity contribution in [1.29, 1.82) is 0 Å². The van der Waals surface area contributed by atoms with Gasteiger partial charge < -0.3 is 9.80 Å². The Bertz CT molecular complexity index is 392. The molecule has 0 radical (unpaired) electrons. The van der Waals surface area contributed by atoms with Gasteiger partial charge in [0.05, 0.1) is 6.54 Å². The van der Waals surface area contributed by atoms with Crippen LogP contribution in [-0.2, 0) is 6.54 Å². The van der Waals surface area contributed by atoms with E-state index in [4.69, 9.17) is 0 Å². The van der Waals surface area contributed by atoms with E-state index in [1.54, 1.807) is 0 Å². The third-order valence-electron chi connectivity index (χ3n) is 4.47. The summed E-state index contributed by atoms with van der Waals surface area (Å²) in [4.78, 5) is 5.31. The topological polar surface area (TPSA) is 24.3 Å². The smallest absolute Gasteiger partial charge is 0.123 e. The largest absolute Gasteiger partial charge is 0.301 e. The fourth-order valence-electron chi connectivity index (χ4n) is 3.32. The minimum absolute atomic E-state index is 0.865. The minimum Gasteiger partial charge on any atom is -0.301 e. The highest BCUT2D eigenvalue weighted by molar-refractivity contribution is 14.1. The second kappa shape index (κ2) is 6.54. The van der Waals surface area contributed by atoms with E-state index in [0.717, 1.165) is 22.8 Å². The monoisotopic (exact) mass is 374 g/mol. The molecule has 0 aliphatic carbocycles. The fourth-order valence-corrected chi connectivity index (χ4v) is 3.76. The van der Waals surface area contributed by atoms with E-state index < -0.39 is 0 Å². The molecular formula is C14H23IN4. The summed E-state index contributed by atoms with van der Waals surface area (Å²) in [5.74, 6) is 0. The number of hydrogen-bond donors (Lipinski definition) is 0. The number of likely N-dealkylation sites (tertiary alicyclic amines) is 2. The Balaban J connectivity index is 1.40. The zero-order valence-electron chi connectivity index (χ0n) is 11.5. The first-order valence-corrected chi connectivity index (χ1v) is 8.54. The summed E-state index contributed by atoms with van der Waals surface area (Å²) in [7, 11) is 0. The molecule has 4 nitrogen and oxygen atoms in total. The molecule has 3 rings (SSSR count). The Kier molecular flexibility index (Phi) is 4.76. The second-order valence-electron chi connectivity index (χ2n) is 5.72. The van der Waals surface area contributed by atoms with Crippen LogP contribution < -0.4 is 0 Å². The molecule has 5 heteroatoms. The van der Waals surface area contributed by atoms with Gasteiger partial charge in [-0.15, -0.1) is 0 Å². The van der Waals surface area contributed by atoms with Gasteiger partial charge in [-0.2, -0.15) is 5.10 Å². The maximum atomic E-state index is 4.44. The average molecular weight is 374 g/mol. The highest BCUT2D eigenvalue weighted by Crippen LogP contribution is 2.20. The van der Waals surface area contributed by atoms with Crippen molar-refractivity contribution in [3.8, 4) is 0 Å². The maximum absolute atomic E-state index is 4.44. The lowest BCUT2D eigenvalue weighted by Gasteiger charge is -2.36. The minimum atomic E-state index is 0.865. The van der Waals surface area contributed by atoms with Crippen molar-refractivity contribution in [3.05, 3.63) is 16.0 Å². The Hall–Kier alpha value is -0.140. The molecule has 1 aromatic heterocycles. The Morgan fingerprint density at radius 3 is 2.47 bits per heavy atom. The van der Waals surface area contributed by atoms with Crippen LogP contribution in [0.1, 0.15) is 25.7 Å². The average Bonchev–Trinajstić information content (AvgIpc) is 3.08. The van der Waals surface area contributed by atoms with Crippen molar-refractivity contribution >= 4 is 22.6 Å². The number of halogens is 1. The molecular weight excluding hydrogens is 351 g/mol. The molecule has 0 amide bonds. The Morgan fingerprint density at radius 2 is 1.84 bits per heavy atom. The van der Waals surface area contributed by atoms with E-state index in [1.807, 2.05) is 0 Å². The zero-order chi connectivity index (χ0) is 13.1. The predicted molar refractivity (Wildman–Crippen MR) is 85.2 cm³/mol. The SMILES string of the molecule is Ic1ccn(CCN2CCC(N3CCCC3)CC2)n1. The molecule has 0 spiro atoms. The van der Waals surface area contributed by atoms with Crippen LogP contribution in [0.5, 0.6) is 0 Å². The van der Waals surface area contributed by atoms with E-state index in [0.29, 0.717) is 0 Å². The van der Waals surface area contributed by atoms with Crippen LogP contribution in [0.25, 0.3) is 0 Å². The number of piperidine rings is 1. The molecule has 0 saturated carbocycles. The van der Waals surface area contributed by atoms with Gasteiger partial charge in [-0.1, -0.05) is 0 Å². The van der Waals surface area contributed by atoms with Crippen molar-refractivity contribution in [2.24, 2.45) is 0 Å². The van der Waals surface area contributed by atoms with Crippen LogP contribution in [0.4, 0.5) is 0 Å². The molecule has 0 N–H and O–H groups in total. The molecule has 19 heavy (non-hydrogen) atoms. The highest BCUT2D eigenvalue weighted by atomic mass is 127. The van der Waals surface area contributed by atoms with E-state index in [2.05, 4.69) is 54.4 Å². The van der Waals surface area contributed by atoms with Crippen molar-refractivity contribution in [2.75, 3.05) is 32.7 Å². The van der Waals surface area contributed by atoms with Gasteiger partial charge in [-0.05, 0) is 80.5 Å². The summed E-state index contributed by atoms with van der Waals surface area (Å²) in [6.07, 6.45) is 7.63. The maximum Gasteiger partial charge on any atom is 0.123 e. The summed E-state index contributed by atoms with van der Waals surface area (Å²) < 4.78 is 3.15. The molecule has 0 atom stereocenters. The van der Waals surface area contributed by atoms with Gasteiger partial charge in [-0.3, -0.25) is 4.68 Å². The molecule has 0 bridgehead atoms. The highest BCUT2D eigenvalue weighted by Gasteiger charge is 2.25. The van der Waals surface area contributed by atoms with Crippen LogP contribution in [0.2, 0.25) is 0 Å². The van der Waals surface area contributed by atoms with Gasteiger partial charge in [0.2, 0.25) is 0 Å². The quantitative estimate of drug-likeness (QED) is 0.754. The van der Waals surface area contributed by atoms with E-state index in [9.17, 15) is 0 Å². The predicted octanol–water partition coefficient (Wildman–Crippen LogP) is 2.05. The molecule has 0 aromatic carbocycles. The molecule has 2 aliphatic rings. The Labute approximate surface area is 129 Å². The zero-order valence-corrected chi connectivity index (χ0v) is 13.6. The summed E-state index contributed by atoms with van der Waals surface area (Å²) in [6, 6.07) is 2.93. The van der Waals surface area contributed by atoms with E-state index >= 15 is 0 Å². The molecule has 2 fully saturated rings. The van der Waals surface area contributed by atoms with Gasteiger partial charge >= 0.3 is 0 Å². The third kappa shape index (κ3) is 3.70. The first kappa shape index (κ1) is 13.8. The lowest BCUT2D eigenvalue weighted by Crippen LogP contribution is -2.44. The number of hydrogen-bond acceptors (Lipinski definition) is 3. The summed E-state index contributed by atoms with van der Waals surface area (Å²) in [5.41, 5.74) is 0. The summed E-state index contributed by atoms with van der Waals surface area (Å²) in [6.45, 7) is 7.38. The van der Waals surface area contributed by atoms with Crippen molar-refractivity contribution in [3.63, 3.8) is 0 Å². The van der Waals surface area contributed by atoms with Gasteiger partial charge in [0, 0.05) is 18.8 Å². The van der Waals surface area contributed by atoms with Gasteiger partial charge in [-0.25, -0.2) is 0 Å². The molecule has 2 saturated heterocycles. The second-order valence-corrected chi connectivity index (χ2v) is 6.82. The molecule has 2 aliphatic heterocycles.